The molecule has 1 amide bonds. The number of rotatable bonds is 22. The monoisotopic (exact) mass is 797 g/mol. The average Bonchev–Trinajstić information content (AvgIpc) is 3.76. The third-order valence-corrected chi connectivity index (χ3v) is 10.3. The Morgan fingerprint density at radius 1 is 0.621 bits per heavy atom. The molecular weight excluding hydrogens is 743 g/mol. The molecule has 0 saturated carbocycles. The standard InChI is InChI=1S/C45H55N3O10/c1-50-31-19-20-34-33(27-31)45(49)47-44(46-34)29-18-21-36(39(24-29)51-2)56-22-13-11-9-7-8-10-12-14-23-57-37-17-15-16-32(42(37)54-5)38-28-35(48-58-38)30-25-40(52-3)43(55-6)41(26-30)53-4/h15-21,24-27,38,44,46H,7-14,22-23,28H2,1-6H3,(H,47,49). The molecule has 6 rings (SSSR count). The molecule has 2 unspecified atom stereocenters. The number of anilines is 1. The number of nitrogens with one attached hydrogen (secondary N) is 2. The van der Waals surface area contributed by atoms with Gasteiger partial charge in [0.1, 0.15) is 11.9 Å². The summed E-state index contributed by atoms with van der Waals surface area (Å²) in [5.74, 6) is 4.78. The number of fused-ring (bicyclic) bond motifs is 1. The zero-order valence-electron chi connectivity index (χ0n) is 34.3. The number of para-hydroxylation sites is 1. The average molecular weight is 798 g/mol. The molecule has 0 aromatic heterocycles. The number of benzene rings is 4. The summed E-state index contributed by atoms with van der Waals surface area (Å²) in [5, 5.41) is 10.8. The number of unbranched alkanes of at least 4 members (excludes halogenated alkanes) is 7. The fourth-order valence-electron chi connectivity index (χ4n) is 7.22. The normalized spacial score (nSPS) is 15.6. The summed E-state index contributed by atoms with van der Waals surface area (Å²) in [5.41, 5.74) is 4.65. The molecular formula is C45H55N3O10. The summed E-state index contributed by atoms with van der Waals surface area (Å²) in [6, 6.07) is 20.8. The molecule has 0 saturated heterocycles. The maximum atomic E-state index is 12.8. The molecule has 4 aromatic rings. The number of hydrogen-bond acceptors (Lipinski definition) is 12. The van der Waals surface area contributed by atoms with Gasteiger partial charge in [-0.2, -0.15) is 0 Å². The molecule has 2 atom stereocenters. The lowest BCUT2D eigenvalue weighted by Crippen LogP contribution is -2.38. The lowest BCUT2D eigenvalue weighted by molar-refractivity contribution is 0.0832. The van der Waals surface area contributed by atoms with E-state index in [0.717, 1.165) is 66.6 Å². The van der Waals surface area contributed by atoms with Gasteiger partial charge in [0.25, 0.3) is 5.91 Å². The highest BCUT2D eigenvalue weighted by molar-refractivity contribution is 6.03. The number of carbonyl (C=O) groups excluding carboxylic acids is 1. The fourth-order valence-corrected chi connectivity index (χ4v) is 7.22. The summed E-state index contributed by atoms with van der Waals surface area (Å²) in [7, 11) is 9.61. The molecule has 0 bridgehead atoms. The van der Waals surface area contributed by atoms with Crippen LogP contribution in [0.4, 0.5) is 5.69 Å². The molecule has 0 aliphatic carbocycles. The first kappa shape index (κ1) is 41.6. The van der Waals surface area contributed by atoms with Crippen LogP contribution >= 0.6 is 0 Å². The van der Waals surface area contributed by atoms with Gasteiger partial charge in [-0.3, -0.25) is 4.79 Å². The molecule has 310 valence electrons. The van der Waals surface area contributed by atoms with E-state index in [1.807, 2.05) is 60.7 Å². The smallest absolute Gasteiger partial charge is 0.255 e. The second-order valence-electron chi connectivity index (χ2n) is 14.0. The Hall–Kier alpha value is -5.98. The SMILES string of the molecule is COc1ccc2c(c1)C(=O)NC(c1ccc(OCCCCCCCCCCOc3cccc(C4CC(c5cc(OC)c(OC)c(OC)c5)=NO4)c3OC)c(OC)c1)N2. The minimum atomic E-state index is -0.392. The number of hydrogen-bond donors (Lipinski definition) is 2. The summed E-state index contributed by atoms with van der Waals surface area (Å²) < 4.78 is 45.5. The van der Waals surface area contributed by atoms with Gasteiger partial charge in [-0.15, -0.1) is 0 Å². The largest absolute Gasteiger partial charge is 0.497 e. The van der Waals surface area contributed by atoms with Gasteiger partial charge in [0, 0.05) is 23.2 Å². The molecule has 2 heterocycles. The van der Waals surface area contributed by atoms with E-state index in [4.69, 9.17) is 42.7 Å². The number of methoxy groups -OCH3 is 6. The minimum absolute atomic E-state index is 0.165. The van der Waals surface area contributed by atoms with Crippen molar-refractivity contribution in [3.63, 3.8) is 0 Å². The first-order valence-electron chi connectivity index (χ1n) is 19.8. The second-order valence-corrected chi connectivity index (χ2v) is 14.0. The molecule has 13 heteroatoms. The highest BCUT2D eigenvalue weighted by Crippen LogP contribution is 2.43. The molecule has 58 heavy (non-hydrogen) atoms. The van der Waals surface area contributed by atoms with E-state index in [0.29, 0.717) is 71.2 Å². The Balaban J connectivity index is 0.862. The Morgan fingerprint density at radius 2 is 1.28 bits per heavy atom. The first-order valence-corrected chi connectivity index (χ1v) is 19.8. The van der Waals surface area contributed by atoms with Crippen molar-refractivity contribution in [1.82, 2.24) is 5.32 Å². The van der Waals surface area contributed by atoms with Crippen molar-refractivity contribution in [3.05, 3.63) is 89.0 Å². The Bertz CT molecular complexity index is 2010. The summed E-state index contributed by atoms with van der Waals surface area (Å²) in [6.45, 7) is 1.22. The van der Waals surface area contributed by atoms with Gasteiger partial charge in [0.15, 0.2) is 40.6 Å². The number of nitrogens with zero attached hydrogens (tertiary/aromatic N) is 1. The molecule has 0 spiro atoms. The van der Waals surface area contributed by atoms with Crippen LogP contribution in [0.1, 0.15) is 97.1 Å². The number of amides is 1. The first-order chi connectivity index (χ1) is 28.4. The number of carbonyl (C=O) groups is 1. The van der Waals surface area contributed by atoms with Crippen LogP contribution in [-0.2, 0) is 4.84 Å². The van der Waals surface area contributed by atoms with Gasteiger partial charge in [0.05, 0.1) is 67.1 Å². The van der Waals surface area contributed by atoms with Gasteiger partial charge >= 0.3 is 0 Å². The van der Waals surface area contributed by atoms with E-state index in [9.17, 15) is 4.79 Å². The maximum absolute atomic E-state index is 12.8. The highest BCUT2D eigenvalue weighted by Gasteiger charge is 2.30. The van der Waals surface area contributed by atoms with Crippen LogP contribution in [0.5, 0.6) is 46.0 Å². The molecule has 2 aliphatic rings. The third-order valence-electron chi connectivity index (χ3n) is 10.3. The molecule has 4 aromatic carbocycles. The van der Waals surface area contributed by atoms with Crippen LogP contribution in [0.3, 0.4) is 0 Å². The summed E-state index contributed by atoms with van der Waals surface area (Å²) in [6.07, 6.45) is 8.64. The van der Waals surface area contributed by atoms with Crippen molar-refractivity contribution in [1.29, 1.82) is 0 Å². The molecule has 13 nitrogen and oxygen atoms in total. The van der Waals surface area contributed by atoms with Gasteiger partial charge in [-0.05, 0) is 66.9 Å². The predicted molar refractivity (Wildman–Crippen MR) is 222 cm³/mol. The van der Waals surface area contributed by atoms with Gasteiger partial charge in [-0.1, -0.05) is 61.9 Å². The number of oxime groups is 1. The molecule has 0 fully saturated rings. The quantitative estimate of drug-likeness (QED) is 0.0738. The lowest BCUT2D eigenvalue weighted by Gasteiger charge is -2.28. The molecule has 2 aliphatic heterocycles. The van der Waals surface area contributed by atoms with Crippen LogP contribution in [0.2, 0.25) is 0 Å². The summed E-state index contributed by atoms with van der Waals surface area (Å²) >= 11 is 0. The van der Waals surface area contributed by atoms with Crippen molar-refractivity contribution in [2.24, 2.45) is 5.16 Å². The van der Waals surface area contributed by atoms with Crippen molar-refractivity contribution >= 4 is 17.3 Å². The molecule has 2 N–H and O–H groups in total. The maximum Gasteiger partial charge on any atom is 0.255 e. The number of ether oxygens (including phenoxy) is 8. The fraction of sp³-hybridized carbons (Fsp3) is 0.422. The van der Waals surface area contributed by atoms with E-state index in [1.165, 1.54) is 12.8 Å². The Morgan fingerprint density at radius 3 is 1.91 bits per heavy atom. The summed E-state index contributed by atoms with van der Waals surface area (Å²) in [4.78, 5) is 18.7. The van der Waals surface area contributed by atoms with E-state index >= 15 is 0 Å². The van der Waals surface area contributed by atoms with E-state index in [1.54, 1.807) is 48.7 Å². The zero-order valence-corrected chi connectivity index (χ0v) is 34.3. The zero-order chi connectivity index (χ0) is 40.9. The lowest BCUT2D eigenvalue weighted by atomic mass is 9.98. The Kier molecular flexibility index (Phi) is 14.7. The topological polar surface area (TPSA) is 137 Å². The van der Waals surface area contributed by atoms with Crippen LogP contribution in [-0.4, -0.2) is 67.5 Å². The van der Waals surface area contributed by atoms with E-state index in [-0.39, 0.29) is 12.0 Å². The third kappa shape index (κ3) is 9.93. The highest BCUT2D eigenvalue weighted by atomic mass is 16.6. The van der Waals surface area contributed by atoms with Crippen molar-refractivity contribution in [2.45, 2.75) is 70.1 Å². The van der Waals surface area contributed by atoms with Crippen molar-refractivity contribution < 1.29 is 47.5 Å². The van der Waals surface area contributed by atoms with Gasteiger partial charge in [-0.25, -0.2) is 0 Å². The van der Waals surface area contributed by atoms with Gasteiger partial charge in [0.2, 0.25) is 5.75 Å². The van der Waals surface area contributed by atoms with Crippen molar-refractivity contribution in [2.75, 3.05) is 61.2 Å². The van der Waals surface area contributed by atoms with Crippen LogP contribution in [0.15, 0.2) is 71.9 Å². The van der Waals surface area contributed by atoms with Crippen LogP contribution in [0.25, 0.3) is 0 Å². The minimum Gasteiger partial charge on any atom is -0.497 e. The van der Waals surface area contributed by atoms with E-state index < -0.39 is 6.17 Å². The van der Waals surface area contributed by atoms with Crippen LogP contribution in [0, 0.1) is 0 Å². The second kappa shape index (κ2) is 20.4. The molecule has 0 radical (unpaired) electrons. The van der Waals surface area contributed by atoms with Crippen molar-refractivity contribution in [3.8, 4) is 46.0 Å². The van der Waals surface area contributed by atoms with Gasteiger partial charge < -0.3 is 53.4 Å². The van der Waals surface area contributed by atoms with Crippen LogP contribution < -0.4 is 48.5 Å². The van der Waals surface area contributed by atoms with E-state index in [2.05, 4.69) is 15.8 Å². The Labute approximate surface area is 340 Å². The predicted octanol–water partition coefficient (Wildman–Crippen LogP) is 9.04.